The fourth-order valence-corrected chi connectivity index (χ4v) is 4.17. The normalized spacial score (nSPS) is 41.7. The van der Waals surface area contributed by atoms with Crippen molar-refractivity contribution in [3.63, 3.8) is 0 Å². The quantitative estimate of drug-likeness (QED) is 0.827. The van der Waals surface area contributed by atoms with Crippen molar-refractivity contribution < 1.29 is 5.11 Å². The zero-order valence-electron chi connectivity index (χ0n) is 13.5. The van der Waals surface area contributed by atoms with Crippen molar-refractivity contribution in [1.29, 1.82) is 0 Å². The highest BCUT2D eigenvalue weighted by Gasteiger charge is 2.37. The summed E-state index contributed by atoms with van der Waals surface area (Å²) in [5.74, 6) is 2.09. The van der Waals surface area contributed by atoms with Crippen LogP contribution in [0.4, 0.5) is 0 Å². The Bertz CT molecular complexity index is 296. The number of hydrogen-bond donors (Lipinski definition) is 1. The molecule has 0 bridgehead atoms. The van der Waals surface area contributed by atoms with Gasteiger partial charge in [0.05, 0.1) is 6.10 Å². The Morgan fingerprint density at radius 1 is 1.11 bits per heavy atom. The van der Waals surface area contributed by atoms with Crippen LogP contribution in [0.5, 0.6) is 0 Å². The first-order valence-electron chi connectivity index (χ1n) is 8.19. The number of rotatable bonds is 2. The number of aliphatic hydroxyl groups is 1. The molecule has 2 aliphatic rings. The van der Waals surface area contributed by atoms with Gasteiger partial charge in [0.25, 0.3) is 0 Å². The predicted octanol–water partition coefficient (Wildman–Crippen LogP) is 3.54. The van der Waals surface area contributed by atoms with Gasteiger partial charge < -0.3 is 10.0 Å². The molecular formula is C17H33NO. The van der Waals surface area contributed by atoms with Gasteiger partial charge in [-0.25, -0.2) is 0 Å². The molecule has 5 unspecified atom stereocenters. The second-order valence-electron chi connectivity index (χ2n) is 8.35. The van der Waals surface area contributed by atoms with Crippen LogP contribution in [0.1, 0.15) is 60.3 Å². The zero-order valence-corrected chi connectivity index (χ0v) is 13.5. The fraction of sp³-hybridized carbons (Fsp3) is 1.00. The number of hydrogen-bond acceptors (Lipinski definition) is 2. The van der Waals surface area contributed by atoms with Crippen molar-refractivity contribution in [3.8, 4) is 0 Å². The summed E-state index contributed by atoms with van der Waals surface area (Å²) < 4.78 is 0. The van der Waals surface area contributed by atoms with Gasteiger partial charge in [-0.15, -0.1) is 0 Å². The summed E-state index contributed by atoms with van der Waals surface area (Å²) >= 11 is 0. The topological polar surface area (TPSA) is 23.5 Å². The van der Waals surface area contributed by atoms with Crippen molar-refractivity contribution in [3.05, 3.63) is 0 Å². The highest BCUT2D eigenvalue weighted by Crippen LogP contribution is 2.41. The van der Waals surface area contributed by atoms with E-state index in [9.17, 15) is 5.11 Å². The minimum Gasteiger partial charge on any atom is -0.393 e. The van der Waals surface area contributed by atoms with Gasteiger partial charge in [-0.2, -0.15) is 0 Å². The van der Waals surface area contributed by atoms with Gasteiger partial charge in [-0.1, -0.05) is 27.7 Å². The molecular weight excluding hydrogens is 234 g/mol. The first kappa shape index (κ1) is 15.3. The van der Waals surface area contributed by atoms with E-state index in [0.717, 1.165) is 24.8 Å². The molecule has 2 nitrogen and oxygen atoms in total. The van der Waals surface area contributed by atoms with E-state index in [0.29, 0.717) is 17.4 Å². The Hall–Kier alpha value is -0.0800. The monoisotopic (exact) mass is 267 g/mol. The summed E-state index contributed by atoms with van der Waals surface area (Å²) in [6, 6.07) is 0.706. The van der Waals surface area contributed by atoms with Gasteiger partial charge in [0.1, 0.15) is 0 Å². The molecule has 1 saturated carbocycles. The minimum absolute atomic E-state index is 0.0679. The Morgan fingerprint density at radius 3 is 2.32 bits per heavy atom. The molecule has 2 fully saturated rings. The maximum atomic E-state index is 10.3. The van der Waals surface area contributed by atoms with Crippen LogP contribution in [0.2, 0.25) is 0 Å². The third kappa shape index (κ3) is 3.72. The van der Waals surface area contributed by atoms with Gasteiger partial charge in [0.15, 0.2) is 0 Å². The second kappa shape index (κ2) is 5.73. The SMILES string of the molecule is CC1CC(C)N(CC2CC(C(C)(C)C)CCC2O)C1. The van der Waals surface area contributed by atoms with Crippen LogP contribution in [0.25, 0.3) is 0 Å². The largest absolute Gasteiger partial charge is 0.393 e. The average molecular weight is 267 g/mol. The van der Waals surface area contributed by atoms with Crippen molar-refractivity contribution in [2.75, 3.05) is 13.1 Å². The van der Waals surface area contributed by atoms with E-state index in [4.69, 9.17) is 0 Å². The molecule has 0 spiro atoms. The smallest absolute Gasteiger partial charge is 0.0580 e. The van der Waals surface area contributed by atoms with Gasteiger partial charge in [-0.3, -0.25) is 0 Å². The Kier molecular flexibility index (Phi) is 4.62. The van der Waals surface area contributed by atoms with Crippen LogP contribution in [-0.2, 0) is 0 Å². The van der Waals surface area contributed by atoms with Crippen LogP contribution in [-0.4, -0.2) is 35.2 Å². The summed E-state index contributed by atoms with van der Waals surface area (Å²) in [4.78, 5) is 2.61. The van der Waals surface area contributed by atoms with E-state index in [1.54, 1.807) is 0 Å². The molecule has 0 radical (unpaired) electrons. The molecule has 1 heterocycles. The van der Waals surface area contributed by atoms with Crippen molar-refractivity contribution in [2.45, 2.75) is 72.4 Å². The summed E-state index contributed by atoms with van der Waals surface area (Å²) in [5, 5.41) is 10.3. The van der Waals surface area contributed by atoms with E-state index < -0.39 is 0 Å². The van der Waals surface area contributed by atoms with E-state index >= 15 is 0 Å². The van der Waals surface area contributed by atoms with Crippen LogP contribution in [0.3, 0.4) is 0 Å². The predicted molar refractivity (Wildman–Crippen MR) is 81.1 cm³/mol. The molecule has 0 aromatic heterocycles. The van der Waals surface area contributed by atoms with Gasteiger partial charge in [0.2, 0.25) is 0 Å². The fourth-order valence-electron chi connectivity index (χ4n) is 4.17. The second-order valence-corrected chi connectivity index (χ2v) is 8.35. The first-order chi connectivity index (χ1) is 8.77. The lowest BCUT2D eigenvalue weighted by Crippen LogP contribution is -2.42. The molecule has 19 heavy (non-hydrogen) atoms. The number of nitrogens with zero attached hydrogens (tertiary/aromatic N) is 1. The first-order valence-corrected chi connectivity index (χ1v) is 8.19. The van der Waals surface area contributed by atoms with Gasteiger partial charge in [0, 0.05) is 19.1 Å². The maximum Gasteiger partial charge on any atom is 0.0580 e. The molecule has 0 aromatic carbocycles. The van der Waals surface area contributed by atoms with E-state index in [-0.39, 0.29) is 6.10 Å². The molecule has 2 rings (SSSR count). The lowest BCUT2D eigenvalue weighted by molar-refractivity contribution is 0.00209. The molecule has 1 aliphatic heterocycles. The van der Waals surface area contributed by atoms with Gasteiger partial charge >= 0.3 is 0 Å². The van der Waals surface area contributed by atoms with Crippen LogP contribution in [0.15, 0.2) is 0 Å². The highest BCUT2D eigenvalue weighted by atomic mass is 16.3. The summed E-state index contributed by atoms with van der Waals surface area (Å²) in [7, 11) is 0. The minimum atomic E-state index is -0.0679. The number of likely N-dealkylation sites (tertiary alicyclic amines) is 1. The van der Waals surface area contributed by atoms with E-state index in [1.807, 2.05) is 0 Å². The average Bonchev–Trinajstić information content (AvgIpc) is 2.59. The van der Waals surface area contributed by atoms with Crippen LogP contribution in [0, 0.1) is 23.2 Å². The molecule has 1 saturated heterocycles. The molecule has 1 aliphatic carbocycles. The van der Waals surface area contributed by atoms with E-state index in [1.165, 1.54) is 25.8 Å². The molecule has 0 amide bonds. The molecule has 1 N–H and O–H groups in total. The maximum absolute atomic E-state index is 10.3. The molecule has 5 atom stereocenters. The van der Waals surface area contributed by atoms with Crippen LogP contribution >= 0.6 is 0 Å². The summed E-state index contributed by atoms with van der Waals surface area (Å²) in [6.07, 6.45) is 4.67. The number of aliphatic hydroxyl groups excluding tert-OH is 1. The third-order valence-corrected chi connectivity index (χ3v) is 5.55. The Morgan fingerprint density at radius 2 is 1.79 bits per heavy atom. The molecule has 0 aromatic rings. The van der Waals surface area contributed by atoms with Gasteiger partial charge in [-0.05, 0) is 55.8 Å². The lowest BCUT2D eigenvalue weighted by atomic mass is 9.68. The molecule has 2 heteroatoms. The van der Waals surface area contributed by atoms with Crippen molar-refractivity contribution in [2.24, 2.45) is 23.2 Å². The summed E-state index contributed by atoms with van der Waals surface area (Å²) in [6.45, 7) is 14.1. The summed E-state index contributed by atoms with van der Waals surface area (Å²) in [5.41, 5.74) is 0.391. The van der Waals surface area contributed by atoms with Crippen molar-refractivity contribution in [1.82, 2.24) is 4.90 Å². The zero-order chi connectivity index (χ0) is 14.2. The van der Waals surface area contributed by atoms with E-state index in [2.05, 4.69) is 39.5 Å². The van der Waals surface area contributed by atoms with Crippen LogP contribution < -0.4 is 0 Å². The van der Waals surface area contributed by atoms with Crippen molar-refractivity contribution >= 4 is 0 Å². The lowest BCUT2D eigenvalue weighted by Gasteiger charge is -2.41. The molecule has 112 valence electrons. The Balaban J connectivity index is 1.94. The highest BCUT2D eigenvalue weighted by molar-refractivity contribution is 4.89. The third-order valence-electron chi connectivity index (χ3n) is 5.55. The Labute approximate surface area is 119 Å². The standard InChI is InChI=1S/C17H33NO/c1-12-8-13(2)18(10-12)11-14-9-15(17(3,4)5)6-7-16(14)19/h12-16,19H,6-11H2,1-5H3.